The van der Waals surface area contributed by atoms with E-state index in [1.54, 1.807) is 11.6 Å². The number of imidazole rings is 1. The van der Waals surface area contributed by atoms with E-state index < -0.39 is 0 Å². The third-order valence-electron chi connectivity index (χ3n) is 6.65. The summed E-state index contributed by atoms with van der Waals surface area (Å²) >= 11 is 0. The van der Waals surface area contributed by atoms with Crippen LogP contribution in [0.3, 0.4) is 0 Å². The third-order valence-corrected chi connectivity index (χ3v) is 6.65. The van der Waals surface area contributed by atoms with Crippen molar-refractivity contribution >= 4 is 17.4 Å². The van der Waals surface area contributed by atoms with Gasteiger partial charge in [0.05, 0.1) is 29.4 Å². The molecule has 0 saturated heterocycles. The SMILES string of the molecule is CO[C@H]1CCC[C@H](C(=O)Nc2ccc(-c3cn4nc5c(nc4n3)CCCC5)cc2C)C1. The van der Waals surface area contributed by atoms with Crippen molar-refractivity contribution in [1.29, 1.82) is 0 Å². The summed E-state index contributed by atoms with van der Waals surface area (Å²) in [5.41, 5.74) is 5.89. The van der Waals surface area contributed by atoms with Crippen LogP contribution in [-0.2, 0) is 22.4 Å². The highest BCUT2D eigenvalue weighted by Crippen LogP contribution is 2.29. The van der Waals surface area contributed by atoms with Crippen LogP contribution in [0.25, 0.3) is 17.0 Å². The normalized spacial score (nSPS) is 21.1. The molecule has 0 unspecified atom stereocenters. The number of hydrogen-bond donors (Lipinski definition) is 1. The molecule has 3 aromatic rings. The zero-order chi connectivity index (χ0) is 21.4. The second-order valence-corrected chi connectivity index (χ2v) is 8.82. The molecule has 31 heavy (non-hydrogen) atoms. The van der Waals surface area contributed by atoms with Gasteiger partial charge in [0.15, 0.2) is 0 Å². The summed E-state index contributed by atoms with van der Waals surface area (Å²) in [6, 6.07) is 6.04. The Balaban J connectivity index is 1.35. The van der Waals surface area contributed by atoms with Gasteiger partial charge >= 0.3 is 0 Å². The quantitative estimate of drug-likeness (QED) is 0.688. The minimum absolute atomic E-state index is 0.0133. The average molecular weight is 420 g/mol. The summed E-state index contributed by atoms with van der Waals surface area (Å²) in [6.45, 7) is 2.02. The number of rotatable bonds is 4. The van der Waals surface area contributed by atoms with Crippen LogP contribution in [0.2, 0.25) is 0 Å². The number of anilines is 1. The maximum atomic E-state index is 12.8. The van der Waals surface area contributed by atoms with Gasteiger partial charge in [-0.05, 0) is 69.6 Å². The Morgan fingerprint density at radius 3 is 2.77 bits per heavy atom. The van der Waals surface area contributed by atoms with Crippen molar-refractivity contribution < 1.29 is 9.53 Å². The molecule has 2 heterocycles. The largest absolute Gasteiger partial charge is 0.381 e. The van der Waals surface area contributed by atoms with Crippen LogP contribution in [0.5, 0.6) is 0 Å². The number of carbonyl (C=O) groups excluding carboxylic acids is 1. The predicted molar refractivity (Wildman–Crippen MR) is 119 cm³/mol. The molecule has 2 aliphatic rings. The molecule has 0 spiro atoms. The zero-order valence-electron chi connectivity index (χ0n) is 18.2. The Labute approximate surface area is 182 Å². The highest BCUT2D eigenvalue weighted by molar-refractivity contribution is 5.93. The van der Waals surface area contributed by atoms with Gasteiger partial charge in [0.2, 0.25) is 5.91 Å². The number of benzene rings is 1. The van der Waals surface area contributed by atoms with Gasteiger partial charge in [0.25, 0.3) is 5.78 Å². The number of fused-ring (bicyclic) bond motifs is 2. The molecular formula is C24H29N5O2. The second kappa shape index (κ2) is 8.38. The van der Waals surface area contributed by atoms with Crippen molar-refractivity contribution in [2.45, 2.75) is 64.4 Å². The number of nitrogens with zero attached hydrogens (tertiary/aromatic N) is 4. The fourth-order valence-electron chi connectivity index (χ4n) is 4.80. The van der Waals surface area contributed by atoms with Gasteiger partial charge in [-0.15, -0.1) is 0 Å². The summed E-state index contributed by atoms with van der Waals surface area (Å²) in [7, 11) is 1.73. The van der Waals surface area contributed by atoms with Crippen LogP contribution < -0.4 is 5.32 Å². The first kappa shape index (κ1) is 20.1. The van der Waals surface area contributed by atoms with E-state index in [0.717, 1.165) is 72.4 Å². The molecule has 2 aliphatic carbocycles. The van der Waals surface area contributed by atoms with E-state index in [1.807, 2.05) is 25.3 Å². The number of carbonyl (C=O) groups is 1. The predicted octanol–water partition coefficient (Wildman–Crippen LogP) is 4.12. The molecular weight excluding hydrogens is 390 g/mol. The van der Waals surface area contributed by atoms with Crippen LogP contribution in [0, 0.1) is 12.8 Å². The monoisotopic (exact) mass is 419 g/mol. The van der Waals surface area contributed by atoms with Crippen molar-refractivity contribution in [3.8, 4) is 11.3 Å². The first-order valence-electron chi connectivity index (χ1n) is 11.3. The average Bonchev–Trinajstić information content (AvgIpc) is 3.21. The van der Waals surface area contributed by atoms with Crippen molar-refractivity contribution in [2.24, 2.45) is 5.92 Å². The summed E-state index contributed by atoms with van der Waals surface area (Å²) in [5.74, 6) is 0.749. The van der Waals surface area contributed by atoms with Crippen molar-refractivity contribution in [3.05, 3.63) is 41.3 Å². The van der Waals surface area contributed by atoms with E-state index in [-0.39, 0.29) is 17.9 Å². The number of nitrogens with one attached hydrogen (secondary N) is 1. The standard InChI is InChI=1S/C24H29N5O2/c1-15-12-16(10-11-19(15)25-23(30)17-6-5-7-18(13-17)31-2)22-14-29-24(27-22)26-20-8-3-4-9-21(20)28-29/h10-12,14,17-18H,3-9,13H2,1-2H3,(H,25,30)/t17-,18-/m0/s1. The minimum atomic E-state index is 0.0133. The minimum Gasteiger partial charge on any atom is -0.381 e. The smallest absolute Gasteiger partial charge is 0.251 e. The Morgan fingerprint density at radius 1 is 1.13 bits per heavy atom. The number of aromatic nitrogens is 4. The van der Waals surface area contributed by atoms with Gasteiger partial charge in [-0.25, -0.2) is 14.5 Å². The molecule has 0 aliphatic heterocycles. The number of methoxy groups -OCH3 is 1. The molecule has 7 heteroatoms. The molecule has 1 aromatic carbocycles. The van der Waals surface area contributed by atoms with Crippen LogP contribution >= 0.6 is 0 Å². The third kappa shape index (κ3) is 4.06. The van der Waals surface area contributed by atoms with E-state index in [4.69, 9.17) is 19.8 Å². The van der Waals surface area contributed by atoms with Crippen molar-refractivity contribution in [3.63, 3.8) is 0 Å². The maximum absolute atomic E-state index is 12.8. The lowest BCUT2D eigenvalue weighted by Gasteiger charge is -2.27. The number of amides is 1. The van der Waals surface area contributed by atoms with Gasteiger partial charge in [0, 0.05) is 24.3 Å². The molecule has 1 fully saturated rings. The van der Waals surface area contributed by atoms with Crippen LogP contribution in [0.1, 0.15) is 55.5 Å². The molecule has 7 nitrogen and oxygen atoms in total. The summed E-state index contributed by atoms with van der Waals surface area (Å²) < 4.78 is 7.26. The maximum Gasteiger partial charge on any atom is 0.251 e. The number of aryl methyl sites for hydroxylation is 3. The molecule has 2 atom stereocenters. The molecule has 1 amide bonds. The van der Waals surface area contributed by atoms with Crippen molar-refractivity contribution in [2.75, 3.05) is 12.4 Å². The van der Waals surface area contributed by atoms with Gasteiger partial charge in [-0.1, -0.05) is 12.5 Å². The molecule has 162 valence electrons. The molecule has 5 rings (SSSR count). The number of ether oxygens (including phenoxy) is 1. The summed E-state index contributed by atoms with van der Waals surface area (Å²) in [4.78, 5) is 22.2. The Kier molecular flexibility index (Phi) is 5.44. The molecule has 1 N–H and O–H groups in total. The molecule has 0 bridgehead atoms. The lowest BCUT2D eigenvalue weighted by molar-refractivity contribution is -0.122. The van der Waals surface area contributed by atoms with Gasteiger partial charge in [-0.2, -0.15) is 5.10 Å². The summed E-state index contributed by atoms with van der Waals surface area (Å²) in [6.07, 6.45) is 10.3. The fourth-order valence-corrected chi connectivity index (χ4v) is 4.80. The topological polar surface area (TPSA) is 81.4 Å². The first-order valence-corrected chi connectivity index (χ1v) is 11.3. The zero-order valence-corrected chi connectivity index (χ0v) is 18.2. The lowest BCUT2D eigenvalue weighted by atomic mass is 9.86. The van der Waals surface area contributed by atoms with Crippen LogP contribution in [0.15, 0.2) is 24.4 Å². The molecule has 1 saturated carbocycles. The summed E-state index contributed by atoms with van der Waals surface area (Å²) in [5, 5.41) is 7.85. The highest BCUT2D eigenvalue weighted by Gasteiger charge is 2.27. The second-order valence-electron chi connectivity index (χ2n) is 8.82. The van der Waals surface area contributed by atoms with Gasteiger partial charge in [0.1, 0.15) is 0 Å². The van der Waals surface area contributed by atoms with Gasteiger partial charge < -0.3 is 10.1 Å². The Morgan fingerprint density at radius 2 is 1.97 bits per heavy atom. The number of hydrogen-bond acceptors (Lipinski definition) is 5. The fraction of sp³-hybridized carbons (Fsp3) is 0.500. The van der Waals surface area contributed by atoms with Crippen molar-refractivity contribution in [1.82, 2.24) is 19.6 Å². The van der Waals surface area contributed by atoms with E-state index in [0.29, 0.717) is 5.78 Å². The lowest BCUT2D eigenvalue weighted by Crippen LogP contribution is -2.31. The molecule has 2 aromatic heterocycles. The molecule has 0 radical (unpaired) electrons. The van der Waals surface area contributed by atoms with E-state index in [9.17, 15) is 4.79 Å². The Bertz CT molecular complexity index is 1080. The van der Waals surface area contributed by atoms with E-state index in [2.05, 4.69) is 11.4 Å². The highest BCUT2D eigenvalue weighted by atomic mass is 16.5. The first-order chi connectivity index (χ1) is 15.1. The van der Waals surface area contributed by atoms with Crippen LogP contribution in [-0.4, -0.2) is 38.7 Å². The Hall–Kier alpha value is -2.80. The van der Waals surface area contributed by atoms with E-state index >= 15 is 0 Å². The van der Waals surface area contributed by atoms with Crippen LogP contribution in [0.4, 0.5) is 5.69 Å². The van der Waals surface area contributed by atoms with Gasteiger partial charge in [-0.3, -0.25) is 4.79 Å². The van der Waals surface area contributed by atoms with E-state index in [1.165, 1.54) is 12.8 Å².